The van der Waals surface area contributed by atoms with Crippen molar-refractivity contribution in [2.75, 3.05) is 11.5 Å². The Labute approximate surface area is 108 Å². The van der Waals surface area contributed by atoms with Crippen LogP contribution in [0, 0.1) is 0 Å². The Morgan fingerprint density at radius 2 is 2.28 bits per heavy atom. The van der Waals surface area contributed by atoms with E-state index >= 15 is 0 Å². The lowest BCUT2D eigenvalue weighted by Gasteiger charge is -2.22. The van der Waals surface area contributed by atoms with E-state index in [-0.39, 0.29) is 5.56 Å². The first-order valence-electron chi connectivity index (χ1n) is 5.90. The smallest absolute Gasteiger partial charge is 0.339 e. The van der Waals surface area contributed by atoms with Gasteiger partial charge in [-0.1, -0.05) is 0 Å². The molecule has 0 aromatic carbocycles. The Hall–Kier alpha value is -1.21. The first-order chi connectivity index (χ1) is 8.58. The molecule has 0 atom stereocenters. The van der Waals surface area contributed by atoms with Crippen LogP contribution in [0.5, 0.6) is 0 Å². The van der Waals surface area contributed by atoms with E-state index in [1.54, 1.807) is 11.7 Å². The van der Waals surface area contributed by atoms with Gasteiger partial charge >= 0.3 is 5.97 Å². The standard InChI is InChI=1S/C11H17N3O3S/c1-14-10(9(6-13-14)11(15)16)7-12-8-2-4-18(17)5-3-8/h6,8,12H,2-5,7H2,1H3,(H,15,16). The van der Waals surface area contributed by atoms with E-state index in [1.165, 1.54) is 6.20 Å². The third-order valence-corrected chi connectivity index (χ3v) is 4.62. The number of rotatable bonds is 4. The average Bonchev–Trinajstić information content (AvgIpc) is 2.70. The first kappa shape index (κ1) is 13.2. The summed E-state index contributed by atoms with van der Waals surface area (Å²) in [6.45, 7) is 0.482. The van der Waals surface area contributed by atoms with Crippen molar-refractivity contribution in [2.24, 2.45) is 7.05 Å². The lowest BCUT2D eigenvalue weighted by atomic mass is 10.1. The molecule has 1 saturated heterocycles. The van der Waals surface area contributed by atoms with Crippen LogP contribution in [0.4, 0.5) is 0 Å². The summed E-state index contributed by atoms with van der Waals surface area (Å²) in [5.41, 5.74) is 0.915. The van der Waals surface area contributed by atoms with Gasteiger partial charge < -0.3 is 10.4 Å². The number of carboxylic acids is 1. The maximum atomic E-state index is 11.2. The zero-order chi connectivity index (χ0) is 13.1. The fourth-order valence-corrected chi connectivity index (χ4v) is 3.39. The van der Waals surface area contributed by atoms with Gasteiger partial charge in [-0.05, 0) is 12.8 Å². The molecule has 7 heteroatoms. The van der Waals surface area contributed by atoms with Crippen LogP contribution < -0.4 is 5.32 Å². The monoisotopic (exact) mass is 271 g/mol. The SMILES string of the molecule is Cn1ncc(C(=O)O)c1CNC1CCS(=O)CC1. The zero-order valence-corrected chi connectivity index (χ0v) is 11.1. The Morgan fingerprint density at radius 1 is 1.61 bits per heavy atom. The highest BCUT2D eigenvalue weighted by Gasteiger charge is 2.19. The summed E-state index contributed by atoms with van der Waals surface area (Å²) in [7, 11) is 1.07. The largest absolute Gasteiger partial charge is 0.478 e. The number of carboxylic acid groups (broad SMARTS) is 1. The van der Waals surface area contributed by atoms with Gasteiger partial charge in [0.05, 0.1) is 11.9 Å². The maximum Gasteiger partial charge on any atom is 0.339 e. The maximum absolute atomic E-state index is 11.2. The quantitative estimate of drug-likeness (QED) is 0.812. The van der Waals surface area contributed by atoms with Crippen molar-refractivity contribution in [3.05, 3.63) is 17.5 Å². The van der Waals surface area contributed by atoms with Gasteiger partial charge in [0.1, 0.15) is 5.56 Å². The molecule has 2 N–H and O–H groups in total. The molecule has 0 unspecified atom stereocenters. The third kappa shape index (κ3) is 2.97. The molecule has 2 heterocycles. The van der Waals surface area contributed by atoms with E-state index in [0.717, 1.165) is 24.3 Å². The molecule has 0 spiro atoms. The van der Waals surface area contributed by atoms with Crippen molar-refractivity contribution in [1.82, 2.24) is 15.1 Å². The van der Waals surface area contributed by atoms with Crippen LogP contribution in [-0.4, -0.2) is 42.6 Å². The third-order valence-electron chi connectivity index (χ3n) is 3.24. The van der Waals surface area contributed by atoms with E-state index in [2.05, 4.69) is 10.4 Å². The molecular formula is C11H17N3O3S. The fraction of sp³-hybridized carbons (Fsp3) is 0.636. The van der Waals surface area contributed by atoms with E-state index in [4.69, 9.17) is 5.11 Å². The van der Waals surface area contributed by atoms with Crippen molar-refractivity contribution in [1.29, 1.82) is 0 Å². The van der Waals surface area contributed by atoms with Crippen LogP contribution in [0.1, 0.15) is 28.9 Å². The molecule has 2 rings (SSSR count). The molecule has 0 bridgehead atoms. The van der Waals surface area contributed by atoms with Crippen molar-refractivity contribution in [2.45, 2.75) is 25.4 Å². The predicted octanol–water partition coefficient (Wildman–Crippen LogP) is 0.119. The summed E-state index contributed by atoms with van der Waals surface area (Å²) in [5, 5.41) is 16.3. The molecule has 1 aromatic rings. The Morgan fingerprint density at radius 3 is 2.89 bits per heavy atom. The highest BCUT2D eigenvalue weighted by molar-refractivity contribution is 7.85. The zero-order valence-electron chi connectivity index (χ0n) is 10.3. The summed E-state index contributed by atoms with van der Waals surface area (Å²) < 4.78 is 12.8. The van der Waals surface area contributed by atoms with E-state index in [0.29, 0.717) is 18.3 Å². The number of nitrogens with one attached hydrogen (secondary N) is 1. The van der Waals surface area contributed by atoms with Gasteiger partial charge in [0.15, 0.2) is 0 Å². The van der Waals surface area contributed by atoms with Crippen LogP contribution in [-0.2, 0) is 24.4 Å². The molecule has 0 saturated carbocycles. The normalized spacial score (nSPS) is 24.1. The molecule has 0 aliphatic carbocycles. The minimum atomic E-state index is -0.954. The van der Waals surface area contributed by atoms with E-state index in [9.17, 15) is 9.00 Å². The van der Waals surface area contributed by atoms with Gasteiger partial charge in [-0.15, -0.1) is 0 Å². The number of aromatic nitrogens is 2. The second-order valence-electron chi connectivity index (χ2n) is 4.44. The number of aromatic carboxylic acids is 1. The summed E-state index contributed by atoms with van der Waals surface area (Å²) in [6, 6.07) is 0.319. The Balaban J connectivity index is 1.96. The minimum absolute atomic E-state index is 0.240. The van der Waals surface area contributed by atoms with Gasteiger partial charge in [0.2, 0.25) is 0 Å². The molecule has 1 aromatic heterocycles. The summed E-state index contributed by atoms with van der Waals surface area (Å²) >= 11 is 0. The Bertz CT molecular complexity index is 462. The van der Waals surface area contributed by atoms with Crippen molar-refractivity contribution < 1.29 is 14.1 Å². The van der Waals surface area contributed by atoms with E-state index in [1.807, 2.05) is 0 Å². The van der Waals surface area contributed by atoms with Crippen molar-refractivity contribution in [3.8, 4) is 0 Å². The van der Waals surface area contributed by atoms with Crippen molar-refractivity contribution in [3.63, 3.8) is 0 Å². The van der Waals surface area contributed by atoms with Gasteiger partial charge in [0.25, 0.3) is 0 Å². The summed E-state index contributed by atoms with van der Waals surface area (Å²) in [6.07, 6.45) is 3.13. The predicted molar refractivity (Wildman–Crippen MR) is 67.9 cm³/mol. The van der Waals surface area contributed by atoms with Gasteiger partial charge in [-0.25, -0.2) is 4.79 Å². The number of aryl methyl sites for hydroxylation is 1. The number of hydrogen-bond donors (Lipinski definition) is 2. The van der Waals surface area contributed by atoms with Crippen molar-refractivity contribution >= 4 is 16.8 Å². The molecule has 0 amide bonds. The topological polar surface area (TPSA) is 84.2 Å². The highest BCUT2D eigenvalue weighted by atomic mass is 32.2. The Kier molecular flexibility index (Phi) is 4.13. The van der Waals surface area contributed by atoms with Crippen LogP contribution in [0.3, 0.4) is 0 Å². The molecule has 0 radical (unpaired) electrons. The molecule has 1 aliphatic rings. The molecule has 18 heavy (non-hydrogen) atoms. The molecule has 6 nitrogen and oxygen atoms in total. The van der Waals surface area contributed by atoms with Gasteiger partial charge in [-0.3, -0.25) is 8.89 Å². The van der Waals surface area contributed by atoms with Gasteiger partial charge in [0, 0.05) is 41.9 Å². The van der Waals surface area contributed by atoms with Crippen LogP contribution in [0.15, 0.2) is 6.20 Å². The molecule has 100 valence electrons. The van der Waals surface area contributed by atoms with Crippen LogP contribution >= 0.6 is 0 Å². The van der Waals surface area contributed by atoms with Crippen LogP contribution in [0.25, 0.3) is 0 Å². The number of nitrogens with zero attached hydrogens (tertiary/aromatic N) is 2. The second kappa shape index (κ2) is 5.62. The van der Waals surface area contributed by atoms with Gasteiger partial charge in [-0.2, -0.15) is 5.10 Å². The minimum Gasteiger partial charge on any atom is -0.478 e. The average molecular weight is 271 g/mol. The molecule has 1 aliphatic heterocycles. The lowest BCUT2D eigenvalue weighted by molar-refractivity contribution is 0.0695. The lowest BCUT2D eigenvalue weighted by Crippen LogP contribution is -2.36. The summed E-state index contributed by atoms with van der Waals surface area (Å²) in [4.78, 5) is 11.0. The summed E-state index contributed by atoms with van der Waals surface area (Å²) in [5.74, 6) is 0.508. The molecular weight excluding hydrogens is 254 g/mol. The fourth-order valence-electron chi connectivity index (χ4n) is 2.09. The first-order valence-corrected chi connectivity index (χ1v) is 7.39. The van der Waals surface area contributed by atoms with E-state index < -0.39 is 16.8 Å². The highest BCUT2D eigenvalue weighted by Crippen LogP contribution is 2.12. The molecule has 1 fully saturated rings. The second-order valence-corrected chi connectivity index (χ2v) is 6.13. The number of hydrogen-bond acceptors (Lipinski definition) is 4. The van der Waals surface area contributed by atoms with Crippen LogP contribution in [0.2, 0.25) is 0 Å². The number of carbonyl (C=O) groups is 1.